The molecule has 2 fully saturated rings. The number of nitrogens with zero attached hydrogens (tertiary/aromatic N) is 1. The van der Waals surface area contributed by atoms with Crippen molar-refractivity contribution in [1.82, 2.24) is 4.90 Å². The second-order valence-corrected chi connectivity index (χ2v) is 6.30. The quantitative estimate of drug-likeness (QED) is 0.851. The Kier molecular flexibility index (Phi) is 4.04. The van der Waals surface area contributed by atoms with E-state index in [4.69, 9.17) is 10.5 Å². The molecule has 1 aromatic carbocycles. The highest BCUT2D eigenvalue weighted by Crippen LogP contribution is 2.36. The molecular weight excluding hydrogens is 264 g/mol. The molecule has 2 N–H and O–H groups in total. The standard InChI is InChI=1S/C17H24N2O2/c1-21-14-6-7-16(18)15(10-14)17(20)19-9-8-12-4-2-3-5-13(12)11-19/h6-7,10,12-13H,2-5,8-9,11,18H2,1H3. The topological polar surface area (TPSA) is 55.6 Å². The molecule has 0 radical (unpaired) electrons. The smallest absolute Gasteiger partial charge is 0.256 e. The van der Waals surface area contributed by atoms with Crippen LogP contribution in [0.4, 0.5) is 5.69 Å². The highest BCUT2D eigenvalue weighted by atomic mass is 16.5. The van der Waals surface area contributed by atoms with E-state index in [2.05, 4.69) is 0 Å². The molecule has 1 amide bonds. The van der Waals surface area contributed by atoms with Gasteiger partial charge in [-0.1, -0.05) is 19.3 Å². The third kappa shape index (κ3) is 2.85. The van der Waals surface area contributed by atoms with Gasteiger partial charge in [0.15, 0.2) is 0 Å². The highest BCUT2D eigenvalue weighted by Gasteiger charge is 2.33. The number of methoxy groups -OCH3 is 1. The van der Waals surface area contributed by atoms with E-state index in [1.54, 1.807) is 25.3 Å². The van der Waals surface area contributed by atoms with Crippen LogP contribution < -0.4 is 10.5 Å². The molecule has 3 rings (SSSR count). The first-order valence-corrected chi connectivity index (χ1v) is 7.92. The van der Waals surface area contributed by atoms with Crippen LogP contribution in [0.1, 0.15) is 42.5 Å². The van der Waals surface area contributed by atoms with Crippen molar-refractivity contribution in [3.8, 4) is 5.75 Å². The lowest BCUT2D eigenvalue weighted by Gasteiger charge is -2.41. The van der Waals surface area contributed by atoms with E-state index in [0.29, 0.717) is 22.9 Å². The summed E-state index contributed by atoms with van der Waals surface area (Å²) in [6.45, 7) is 1.75. The maximum atomic E-state index is 12.8. The van der Waals surface area contributed by atoms with Crippen molar-refractivity contribution < 1.29 is 9.53 Å². The minimum absolute atomic E-state index is 0.0513. The Balaban J connectivity index is 1.76. The molecule has 1 saturated carbocycles. The number of benzene rings is 1. The summed E-state index contributed by atoms with van der Waals surface area (Å²) in [6, 6.07) is 5.30. The van der Waals surface area contributed by atoms with Gasteiger partial charge in [-0.15, -0.1) is 0 Å². The van der Waals surface area contributed by atoms with Crippen LogP contribution in [0.5, 0.6) is 5.75 Å². The van der Waals surface area contributed by atoms with Crippen LogP contribution >= 0.6 is 0 Å². The van der Waals surface area contributed by atoms with Gasteiger partial charge in [0, 0.05) is 18.8 Å². The van der Waals surface area contributed by atoms with Gasteiger partial charge in [0.05, 0.1) is 12.7 Å². The van der Waals surface area contributed by atoms with Crippen molar-refractivity contribution in [2.45, 2.75) is 32.1 Å². The number of carbonyl (C=O) groups excluding carboxylic acids is 1. The molecule has 4 heteroatoms. The zero-order valence-corrected chi connectivity index (χ0v) is 12.7. The van der Waals surface area contributed by atoms with E-state index < -0.39 is 0 Å². The maximum Gasteiger partial charge on any atom is 0.256 e. The van der Waals surface area contributed by atoms with Crippen molar-refractivity contribution >= 4 is 11.6 Å². The molecule has 0 aromatic heterocycles. The first-order valence-electron chi connectivity index (χ1n) is 7.92. The first-order chi connectivity index (χ1) is 10.2. The number of piperidine rings is 1. The van der Waals surface area contributed by atoms with Crippen molar-refractivity contribution in [2.24, 2.45) is 11.8 Å². The first kappa shape index (κ1) is 14.2. The van der Waals surface area contributed by atoms with Gasteiger partial charge < -0.3 is 15.4 Å². The lowest BCUT2D eigenvalue weighted by atomic mass is 9.75. The average Bonchev–Trinajstić information content (AvgIpc) is 2.54. The molecule has 2 aliphatic rings. The summed E-state index contributed by atoms with van der Waals surface area (Å²) in [5.41, 5.74) is 7.09. The third-order valence-electron chi connectivity index (χ3n) is 5.07. The van der Waals surface area contributed by atoms with Crippen LogP contribution in [0.3, 0.4) is 0 Å². The number of rotatable bonds is 2. The Morgan fingerprint density at radius 1 is 1.24 bits per heavy atom. The van der Waals surface area contributed by atoms with Gasteiger partial charge >= 0.3 is 0 Å². The molecule has 0 bridgehead atoms. The molecule has 2 atom stereocenters. The van der Waals surface area contributed by atoms with Gasteiger partial charge in [0.2, 0.25) is 0 Å². The van der Waals surface area contributed by atoms with Gasteiger partial charge in [-0.2, -0.15) is 0 Å². The zero-order chi connectivity index (χ0) is 14.8. The van der Waals surface area contributed by atoms with Crippen molar-refractivity contribution in [1.29, 1.82) is 0 Å². The van der Waals surface area contributed by atoms with E-state index in [9.17, 15) is 4.79 Å². The van der Waals surface area contributed by atoms with Gasteiger partial charge in [-0.25, -0.2) is 0 Å². The number of anilines is 1. The van der Waals surface area contributed by atoms with Crippen molar-refractivity contribution in [2.75, 3.05) is 25.9 Å². The second-order valence-electron chi connectivity index (χ2n) is 6.30. The van der Waals surface area contributed by atoms with Crippen LogP contribution in [-0.4, -0.2) is 31.0 Å². The van der Waals surface area contributed by atoms with E-state index >= 15 is 0 Å². The molecule has 2 unspecified atom stereocenters. The van der Waals surface area contributed by atoms with Crippen molar-refractivity contribution in [3.05, 3.63) is 23.8 Å². The third-order valence-corrected chi connectivity index (χ3v) is 5.07. The number of ether oxygens (including phenoxy) is 1. The Labute approximate surface area is 126 Å². The normalized spacial score (nSPS) is 25.3. The molecule has 0 spiro atoms. The zero-order valence-electron chi connectivity index (χ0n) is 12.7. The molecule has 21 heavy (non-hydrogen) atoms. The summed E-state index contributed by atoms with van der Waals surface area (Å²) >= 11 is 0. The maximum absolute atomic E-state index is 12.8. The summed E-state index contributed by atoms with van der Waals surface area (Å²) in [5, 5.41) is 0. The summed E-state index contributed by atoms with van der Waals surface area (Å²) in [4.78, 5) is 14.7. The summed E-state index contributed by atoms with van der Waals surface area (Å²) in [5.74, 6) is 2.24. The predicted molar refractivity (Wildman–Crippen MR) is 83.4 cm³/mol. The minimum atomic E-state index is 0.0513. The Morgan fingerprint density at radius 3 is 2.76 bits per heavy atom. The fraction of sp³-hybridized carbons (Fsp3) is 0.588. The molecule has 1 aliphatic carbocycles. The van der Waals surface area contributed by atoms with E-state index in [-0.39, 0.29) is 5.91 Å². The second kappa shape index (κ2) is 5.96. The molecule has 1 aromatic rings. The van der Waals surface area contributed by atoms with E-state index in [1.807, 2.05) is 4.90 Å². The molecule has 4 nitrogen and oxygen atoms in total. The molecule has 114 valence electrons. The number of likely N-dealkylation sites (tertiary alicyclic amines) is 1. The Morgan fingerprint density at radius 2 is 2.00 bits per heavy atom. The fourth-order valence-electron chi connectivity index (χ4n) is 3.80. The van der Waals surface area contributed by atoms with Gasteiger partial charge in [0.25, 0.3) is 5.91 Å². The van der Waals surface area contributed by atoms with Crippen LogP contribution in [0.15, 0.2) is 18.2 Å². The van der Waals surface area contributed by atoms with Gasteiger partial charge in [-0.3, -0.25) is 4.79 Å². The molecule has 1 aliphatic heterocycles. The van der Waals surface area contributed by atoms with Crippen LogP contribution in [0, 0.1) is 11.8 Å². The predicted octanol–water partition coefficient (Wildman–Crippen LogP) is 2.93. The lowest BCUT2D eigenvalue weighted by Crippen LogP contribution is -2.44. The number of carbonyl (C=O) groups is 1. The Hall–Kier alpha value is -1.71. The van der Waals surface area contributed by atoms with Crippen LogP contribution in [0.2, 0.25) is 0 Å². The van der Waals surface area contributed by atoms with E-state index in [1.165, 1.54) is 25.7 Å². The summed E-state index contributed by atoms with van der Waals surface area (Å²) in [6.07, 6.45) is 6.42. The summed E-state index contributed by atoms with van der Waals surface area (Å²) in [7, 11) is 1.60. The number of amides is 1. The lowest BCUT2D eigenvalue weighted by molar-refractivity contribution is 0.0521. The largest absolute Gasteiger partial charge is 0.497 e. The van der Waals surface area contributed by atoms with Crippen molar-refractivity contribution in [3.63, 3.8) is 0 Å². The number of fused-ring (bicyclic) bond motifs is 1. The number of nitrogens with two attached hydrogens (primary N) is 1. The average molecular weight is 288 g/mol. The van der Waals surface area contributed by atoms with Crippen LogP contribution in [-0.2, 0) is 0 Å². The number of nitrogen functional groups attached to an aromatic ring is 1. The number of hydrogen-bond donors (Lipinski definition) is 1. The SMILES string of the molecule is COc1ccc(N)c(C(=O)N2CCC3CCCCC3C2)c1. The monoisotopic (exact) mass is 288 g/mol. The Bertz CT molecular complexity index is 530. The number of hydrogen-bond acceptors (Lipinski definition) is 3. The van der Waals surface area contributed by atoms with Gasteiger partial charge in [0.1, 0.15) is 5.75 Å². The minimum Gasteiger partial charge on any atom is -0.497 e. The molecular formula is C17H24N2O2. The molecule has 1 heterocycles. The van der Waals surface area contributed by atoms with Gasteiger partial charge in [-0.05, 0) is 42.9 Å². The molecule has 1 saturated heterocycles. The van der Waals surface area contributed by atoms with Crippen LogP contribution in [0.25, 0.3) is 0 Å². The van der Waals surface area contributed by atoms with E-state index in [0.717, 1.165) is 25.4 Å². The highest BCUT2D eigenvalue weighted by molar-refractivity contribution is 5.99. The summed E-state index contributed by atoms with van der Waals surface area (Å²) < 4.78 is 5.21. The fourth-order valence-corrected chi connectivity index (χ4v) is 3.80.